The standard InChI is InChI=1S/C14H19F2NO3/c1-2-3-11(18)9-17-13(19)8-10-4-6-12(7-5-10)20-14(15)16/h4-7,11,14,18H,2-3,8-9H2,1H3,(H,17,19). The molecule has 0 aliphatic heterocycles. The van der Waals surface area contributed by atoms with Crippen LogP contribution in [0.5, 0.6) is 5.75 Å². The highest BCUT2D eigenvalue weighted by Crippen LogP contribution is 2.15. The lowest BCUT2D eigenvalue weighted by Crippen LogP contribution is -2.33. The molecule has 2 N–H and O–H groups in total. The van der Waals surface area contributed by atoms with Gasteiger partial charge in [-0.2, -0.15) is 8.78 Å². The molecule has 6 heteroatoms. The summed E-state index contributed by atoms with van der Waals surface area (Å²) in [4.78, 5) is 11.6. The maximum Gasteiger partial charge on any atom is 0.387 e. The smallest absolute Gasteiger partial charge is 0.387 e. The fourth-order valence-electron chi connectivity index (χ4n) is 1.70. The Bertz CT molecular complexity index is 409. The number of nitrogens with one attached hydrogen (secondary N) is 1. The van der Waals surface area contributed by atoms with Gasteiger partial charge in [0.05, 0.1) is 12.5 Å². The van der Waals surface area contributed by atoms with E-state index in [2.05, 4.69) is 10.1 Å². The van der Waals surface area contributed by atoms with Crippen LogP contribution in [-0.2, 0) is 11.2 Å². The SMILES string of the molecule is CCCC(O)CNC(=O)Cc1ccc(OC(F)F)cc1. The molecular formula is C14H19F2NO3. The number of rotatable bonds is 8. The van der Waals surface area contributed by atoms with Gasteiger partial charge in [0.1, 0.15) is 5.75 Å². The summed E-state index contributed by atoms with van der Waals surface area (Å²) in [6.45, 7) is -0.683. The van der Waals surface area contributed by atoms with Crippen LogP contribution in [0.15, 0.2) is 24.3 Å². The van der Waals surface area contributed by atoms with E-state index in [1.165, 1.54) is 12.1 Å². The first-order chi connectivity index (χ1) is 9.51. The van der Waals surface area contributed by atoms with E-state index in [9.17, 15) is 18.7 Å². The average Bonchev–Trinajstić information content (AvgIpc) is 2.38. The second kappa shape index (κ2) is 8.47. The van der Waals surface area contributed by atoms with E-state index < -0.39 is 12.7 Å². The summed E-state index contributed by atoms with van der Waals surface area (Å²) >= 11 is 0. The molecule has 0 aromatic heterocycles. The number of carbonyl (C=O) groups is 1. The van der Waals surface area contributed by atoms with Crippen molar-refractivity contribution >= 4 is 5.91 Å². The normalized spacial score (nSPS) is 12.2. The Balaban J connectivity index is 2.38. The lowest BCUT2D eigenvalue weighted by Gasteiger charge is -2.11. The summed E-state index contributed by atoms with van der Waals surface area (Å²) in [5, 5.41) is 12.1. The Kier molecular flexibility index (Phi) is 6.93. The van der Waals surface area contributed by atoms with Crippen molar-refractivity contribution in [3.05, 3.63) is 29.8 Å². The average molecular weight is 287 g/mol. The number of alkyl halides is 2. The Morgan fingerprint density at radius 1 is 1.35 bits per heavy atom. The molecule has 0 aliphatic rings. The zero-order chi connectivity index (χ0) is 15.0. The highest BCUT2D eigenvalue weighted by molar-refractivity contribution is 5.78. The third-order valence-corrected chi connectivity index (χ3v) is 2.67. The molecule has 1 amide bonds. The largest absolute Gasteiger partial charge is 0.435 e. The van der Waals surface area contributed by atoms with Gasteiger partial charge in [-0.15, -0.1) is 0 Å². The summed E-state index contributed by atoms with van der Waals surface area (Å²) in [6, 6.07) is 5.89. The summed E-state index contributed by atoms with van der Waals surface area (Å²) in [5.41, 5.74) is 0.689. The fraction of sp³-hybridized carbons (Fsp3) is 0.500. The Hall–Kier alpha value is -1.69. The molecule has 0 bridgehead atoms. The lowest BCUT2D eigenvalue weighted by atomic mass is 10.1. The Labute approximate surface area is 116 Å². The number of ether oxygens (including phenoxy) is 1. The first kappa shape index (κ1) is 16.4. The zero-order valence-corrected chi connectivity index (χ0v) is 11.3. The van der Waals surface area contributed by atoms with E-state index in [1.54, 1.807) is 12.1 Å². The highest BCUT2D eigenvalue weighted by Gasteiger charge is 2.08. The molecule has 1 atom stereocenters. The molecule has 1 aromatic carbocycles. The predicted molar refractivity (Wildman–Crippen MR) is 70.7 cm³/mol. The number of carbonyl (C=O) groups excluding carboxylic acids is 1. The van der Waals surface area contributed by atoms with Crippen LogP contribution in [0.2, 0.25) is 0 Å². The molecule has 0 aliphatic carbocycles. The van der Waals surface area contributed by atoms with Gasteiger partial charge in [-0.25, -0.2) is 0 Å². The summed E-state index contributed by atoms with van der Waals surface area (Å²) in [5.74, 6) is -0.162. The number of amides is 1. The molecule has 20 heavy (non-hydrogen) atoms. The van der Waals surface area contributed by atoms with Gasteiger partial charge in [-0.05, 0) is 24.1 Å². The van der Waals surface area contributed by atoms with Crippen molar-refractivity contribution in [2.24, 2.45) is 0 Å². The third-order valence-electron chi connectivity index (χ3n) is 2.67. The molecule has 0 saturated heterocycles. The van der Waals surface area contributed by atoms with E-state index in [-0.39, 0.29) is 24.6 Å². The number of hydrogen-bond acceptors (Lipinski definition) is 3. The van der Waals surface area contributed by atoms with Crippen molar-refractivity contribution in [2.75, 3.05) is 6.54 Å². The van der Waals surface area contributed by atoms with Crippen molar-refractivity contribution in [3.63, 3.8) is 0 Å². The van der Waals surface area contributed by atoms with Crippen LogP contribution in [0.25, 0.3) is 0 Å². The van der Waals surface area contributed by atoms with Crippen LogP contribution >= 0.6 is 0 Å². The minimum atomic E-state index is -2.86. The molecular weight excluding hydrogens is 268 g/mol. The van der Waals surface area contributed by atoms with Gasteiger partial charge in [-0.1, -0.05) is 25.5 Å². The second-order valence-electron chi connectivity index (χ2n) is 4.45. The summed E-state index contributed by atoms with van der Waals surface area (Å²) < 4.78 is 28.1. The number of hydrogen-bond donors (Lipinski definition) is 2. The molecule has 0 heterocycles. The topological polar surface area (TPSA) is 58.6 Å². The molecule has 1 aromatic rings. The maximum atomic E-state index is 12.0. The lowest BCUT2D eigenvalue weighted by molar-refractivity contribution is -0.120. The van der Waals surface area contributed by atoms with Crippen LogP contribution in [-0.4, -0.2) is 30.3 Å². The zero-order valence-electron chi connectivity index (χ0n) is 11.3. The second-order valence-corrected chi connectivity index (χ2v) is 4.45. The molecule has 1 rings (SSSR count). The number of benzene rings is 1. The molecule has 4 nitrogen and oxygen atoms in total. The van der Waals surface area contributed by atoms with Crippen molar-refractivity contribution in [1.82, 2.24) is 5.32 Å². The predicted octanol–water partition coefficient (Wildman–Crippen LogP) is 2.11. The molecule has 1 unspecified atom stereocenters. The number of aliphatic hydroxyl groups excluding tert-OH is 1. The van der Waals surface area contributed by atoms with Gasteiger partial charge >= 0.3 is 6.61 Å². The number of halogens is 2. The fourth-order valence-corrected chi connectivity index (χ4v) is 1.70. The van der Waals surface area contributed by atoms with Crippen molar-refractivity contribution < 1.29 is 23.4 Å². The monoisotopic (exact) mass is 287 g/mol. The highest BCUT2D eigenvalue weighted by atomic mass is 19.3. The van der Waals surface area contributed by atoms with Crippen LogP contribution < -0.4 is 10.1 Å². The van der Waals surface area contributed by atoms with Gasteiger partial charge in [0.2, 0.25) is 5.91 Å². The van der Waals surface area contributed by atoms with Crippen LogP contribution in [0.1, 0.15) is 25.3 Å². The Morgan fingerprint density at radius 2 is 2.00 bits per heavy atom. The summed E-state index contributed by atoms with van der Waals surface area (Å²) in [7, 11) is 0. The van der Waals surface area contributed by atoms with Crippen molar-refractivity contribution in [1.29, 1.82) is 0 Å². The minimum Gasteiger partial charge on any atom is -0.435 e. The van der Waals surface area contributed by atoms with Crippen LogP contribution in [0.3, 0.4) is 0 Å². The van der Waals surface area contributed by atoms with E-state index >= 15 is 0 Å². The first-order valence-corrected chi connectivity index (χ1v) is 6.49. The molecule has 0 radical (unpaired) electrons. The Morgan fingerprint density at radius 3 is 2.55 bits per heavy atom. The van der Waals surface area contributed by atoms with Gasteiger partial charge in [0.25, 0.3) is 0 Å². The van der Waals surface area contributed by atoms with Crippen molar-refractivity contribution in [2.45, 2.75) is 38.9 Å². The summed E-state index contributed by atoms with van der Waals surface area (Å²) in [6.07, 6.45) is 1.09. The van der Waals surface area contributed by atoms with E-state index in [0.29, 0.717) is 12.0 Å². The van der Waals surface area contributed by atoms with Gasteiger partial charge in [0.15, 0.2) is 0 Å². The first-order valence-electron chi connectivity index (χ1n) is 6.49. The molecule has 112 valence electrons. The third kappa shape index (κ3) is 6.47. The van der Waals surface area contributed by atoms with Crippen LogP contribution in [0.4, 0.5) is 8.78 Å². The molecule has 0 fully saturated rings. The number of aliphatic hydroxyl groups is 1. The van der Waals surface area contributed by atoms with Gasteiger partial charge in [-0.3, -0.25) is 4.79 Å². The van der Waals surface area contributed by atoms with E-state index in [1.807, 2.05) is 6.92 Å². The van der Waals surface area contributed by atoms with E-state index in [0.717, 1.165) is 6.42 Å². The minimum absolute atomic E-state index is 0.0579. The molecule has 0 saturated carbocycles. The van der Waals surface area contributed by atoms with Gasteiger partial charge in [0, 0.05) is 6.54 Å². The van der Waals surface area contributed by atoms with Gasteiger partial charge < -0.3 is 15.2 Å². The molecule has 0 spiro atoms. The van der Waals surface area contributed by atoms with Crippen LogP contribution in [0, 0.1) is 0 Å². The maximum absolute atomic E-state index is 12.0. The van der Waals surface area contributed by atoms with E-state index in [4.69, 9.17) is 0 Å². The van der Waals surface area contributed by atoms with Crippen molar-refractivity contribution in [3.8, 4) is 5.75 Å². The quantitative estimate of drug-likeness (QED) is 0.770.